The van der Waals surface area contributed by atoms with E-state index in [4.69, 9.17) is 9.84 Å². The van der Waals surface area contributed by atoms with E-state index in [0.29, 0.717) is 24.5 Å². The van der Waals surface area contributed by atoms with E-state index in [9.17, 15) is 14.4 Å². The maximum Gasteiger partial charge on any atom is 0.322 e. The highest BCUT2D eigenvalue weighted by Crippen LogP contribution is 2.21. The number of carboxylic acids is 1. The molecule has 0 atom stereocenters. The Bertz CT molecular complexity index is 792. The monoisotopic (exact) mass is 370 g/mol. The van der Waals surface area contributed by atoms with Crippen LogP contribution in [0.5, 0.6) is 5.75 Å². The van der Waals surface area contributed by atoms with Crippen LogP contribution in [0.1, 0.15) is 22.8 Å². The molecule has 0 bridgehead atoms. The van der Waals surface area contributed by atoms with Crippen molar-refractivity contribution in [2.75, 3.05) is 19.6 Å². The van der Waals surface area contributed by atoms with Gasteiger partial charge in [0.2, 0.25) is 5.91 Å². The molecule has 2 N–H and O–H groups in total. The zero-order valence-corrected chi connectivity index (χ0v) is 15.1. The number of benzene rings is 2. The summed E-state index contributed by atoms with van der Waals surface area (Å²) in [5.41, 5.74) is 1.32. The molecular weight excluding hydrogens is 348 g/mol. The maximum absolute atomic E-state index is 12.8. The summed E-state index contributed by atoms with van der Waals surface area (Å²) in [6.45, 7) is 1.65. The number of aliphatic carboxylic acids is 1. The molecule has 142 valence electrons. The Labute approximate surface area is 157 Å². The zero-order valence-electron chi connectivity index (χ0n) is 15.1. The minimum absolute atomic E-state index is 0.227. The number of carbonyl (C=O) groups excluding carboxylic acids is 2. The minimum atomic E-state index is -1.14. The van der Waals surface area contributed by atoms with Crippen LogP contribution in [0.3, 0.4) is 0 Å². The second kappa shape index (κ2) is 9.96. The predicted molar refractivity (Wildman–Crippen MR) is 99.4 cm³/mol. The highest BCUT2D eigenvalue weighted by Gasteiger charge is 2.21. The van der Waals surface area contributed by atoms with E-state index in [2.05, 4.69) is 5.32 Å². The summed E-state index contributed by atoms with van der Waals surface area (Å²) in [6, 6.07) is 16.4. The molecule has 0 spiro atoms. The minimum Gasteiger partial charge on any atom is -0.488 e. The summed E-state index contributed by atoms with van der Waals surface area (Å²) in [6.07, 6.45) is 0. The Kier molecular flexibility index (Phi) is 7.37. The average molecular weight is 370 g/mol. The van der Waals surface area contributed by atoms with E-state index in [1.807, 2.05) is 30.3 Å². The van der Waals surface area contributed by atoms with Crippen molar-refractivity contribution in [1.29, 1.82) is 0 Å². The molecule has 27 heavy (non-hydrogen) atoms. The summed E-state index contributed by atoms with van der Waals surface area (Å²) in [4.78, 5) is 36.6. The van der Waals surface area contributed by atoms with Gasteiger partial charge in [-0.3, -0.25) is 14.4 Å². The lowest BCUT2D eigenvalue weighted by Gasteiger charge is -2.21. The predicted octanol–water partition coefficient (Wildman–Crippen LogP) is 1.93. The van der Waals surface area contributed by atoms with Gasteiger partial charge in [0.25, 0.3) is 5.91 Å². The van der Waals surface area contributed by atoms with Gasteiger partial charge in [0, 0.05) is 6.54 Å². The second-order valence-electron chi connectivity index (χ2n) is 5.76. The SMILES string of the molecule is CCN(CC(=O)NCC(=O)O)C(=O)c1ccccc1OCc1ccccc1. The van der Waals surface area contributed by atoms with Crippen LogP contribution in [0.2, 0.25) is 0 Å². The van der Waals surface area contributed by atoms with Crippen LogP contribution in [0.15, 0.2) is 54.6 Å². The molecule has 2 aromatic rings. The van der Waals surface area contributed by atoms with Crippen LogP contribution in [-0.4, -0.2) is 47.4 Å². The number of ether oxygens (including phenoxy) is 1. The van der Waals surface area contributed by atoms with Gasteiger partial charge < -0.3 is 20.1 Å². The molecule has 7 nitrogen and oxygen atoms in total. The van der Waals surface area contributed by atoms with Gasteiger partial charge in [0.15, 0.2) is 0 Å². The summed E-state index contributed by atoms with van der Waals surface area (Å²) < 4.78 is 5.80. The molecule has 2 amide bonds. The molecule has 2 aromatic carbocycles. The fourth-order valence-corrected chi connectivity index (χ4v) is 2.41. The molecule has 0 aliphatic heterocycles. The molecule has 0 saturated heterocycles. The Morgan fingerprint density at radius 3 is 2.37 bits per heavy atom. The van der Waals surface area contributed by atoms with Gasteiger partial charge in [0.1, 0.15) is 18.9 Å². The molecule has 0 unspecified atom stereocenters. The molecule has 7 heteroatoms. The highest BCUT2D eigenvalue weighted by molar-refractivity contribution is 5.99. The lowest BCUT2D eigenvalue weighted by atomic mass is 10.1. The van der Waals surface area contributed by atoms with Crippen molar-refractivity contribution < 1.29 is 24.2 Å². The third-order valence-corrected chi connectivity index (χ3v) is 3.79. The number of hydrogen-bond donors (Lipinski definition) is 2. The molecular formula is C20H22N2O5. The largest absolute Gasteiger partial charge is 0.488 e. The van der Waals surface area contributed by atoms with Gasteiger partial charge in [-0.25, -0.2) is 0 Å². The number of carbonyl (C=O) groups is 3. The lowest BCUT2D eigenvalue weighted by Crippen LogP contribution is -2.42. The molecule has 0 aliphatic rings. The van der Waals surface area contributed by atoms with Crippen LogP contribution < -0.4 is 10.1 Å². The number of para-hydroxylation sites is 1. The molecule has 0 aliphatic carbocycles. The Morgan fingerprint density at radius 1 is 1.04 bits per heavy atom. The van der Waals surface area contributed by atoms with Crippen LogP contribution >= 0.6 is 0 Å². The maximum atomic E-state index is 12.8. The summed E-state index contributed by atoms with van der Waals surface area (Å²) in [5, 5.41) is 10.9. The van der Waals surface area contributed by atoms with Crippen molar-refractivity contribution in [2.45, 2.75) is 13.5 Å². The molecule has 0 heterocycles. The van der Waals surface area contributed by atoms with Gasteiger partial charge in [-0.1, -0.05) is 42.5 Å². The number of carboxylic acid groups (broad SMARTS) is 1. The molecule has 2 rings (SSSR count). The van der Waals surface area contributed by atoms with Crippen molar-refractivity contribution in [2.24, 2.45) is 0 Å². The van der Waals surface area contributed by atoms with Gasteiger partial charge >= 0.3 is 5.97 Å². The van der Waals surface area contributed by atoms with E-state index >= 15 is 0 Å². The first-order valence-electron chi connectivity index (χ1n) is 8.54. The van der Waals surface area contributed by atoms with Gasteiger partial charge in [-0.2, -0.15) is 0 Å². The quantitative estimate of drug-likeness (QED) is 0.703. The third kappa shape index (κ3) is 6.14. The van der Waals surface area contributed by atoms with E-state index < -0.39 is 18.4 Å². The summed E-state index contributed by atoms with van der Waals surface area (Å²) >= 11 is 0. The normalized spacial score (nSPS) is 10.1. The fourth-order valence-electron chi connectivity index (χ4n) is 2.41. The molecule has 0 fully saturated rings. The number of nitrogens with one attached hydrogen (secondary N) is 1. The first-order chi connectivity index (χ1) is 13.0. The number of rotatable bonds is 9. The number of hydrogen-bond acceptors (Lipinski definition) is 4. The van der Waals surface area contributed by atoms with Crippen molar-refractivity contribution in [3.63, 3.8) is 0 Å². The number of nitrogens with zero attached hydrogens (tertiary/aromatic N) is 1. The number of amides is 2. The Morgan fingerprint density at radius 2 is 1.70 bits per heavy atom. The average Bonchev–Trinajstić information content (AvgIpc) is 2.69. The van der Waals surface area contributed by atoms with E-state index in [-0.39, 0.29) is 12.5 Å². The van der Waals surface area contributed by atoms with Gasteiger partial charge in [-0.15, -0.1) is 0 Å². The summed E-state index contributed by atoms with van der Waals surface area (Å²) in [7, 11) is 0. The van der Waals surface area contributed by atoms with Crippen molar-refractivity contribution >= 4 is 17.8 Å². The van der Waals surface area contributed by atoms with Crippen LogP contribution in [0.4, 0.5) is 0 Å². The molecule has 0 saturated carbocycles. The van der Waals surface area contributed by atoms with Crippen LogP contribution in [0, 0.1) is 0 Å². The highest BCUT2D eigenvalue weighted by atomic mass is 16.5. The van der Waals surface area contributed by atoms with Crippen LogP contribution in [0.25, 0.3) is 0 Å². The Balaban J connectivity index is 2.07. The van der Waals surface area contributed by atoms with Gasteiger partial charge in [0.05, 0.1) is 12.1 Å². The first kappa shape index (κ1) is 20.0. The lowest BCUT2D eigenvalue weighted by molar-refractivity contribution is -0.138. The third-order valence-electron chi connectivity index (χ3n) is 3.79. The van der Waals surface area contributed by atoms with Crippen molar-refractivity contribution in [3.05, 3.63) is 65.7 Å². The van der Waals surface area contributed by atoms with E-state index in [1.54, 1.807) is 31.2 Å². The standard InChI is InChI=1S/C20H22N2O5/c1-2-22(13-18(23)21-12-19(24)25)20(26)16-10-6-7-11-17(16)27-14-15-8-4-3-5-9-15/h3-11H,2,12-14H2,1H3,(H,21,23)(H,24,25). The summed E-state index contributed by atoms with van der Waals surface area (Å²) in [5.74, 6) is -1.60. The van der Waals surface area contributed by atoms with Crippen molar-refractivity contribution in [3.8, 4) is 5.75 Å². The van der Waals surface area contributed by atoms with E-state index in [1.165, 1.54) is 4.90 Å². The van der Waals surface area contributed by atoms with Gasteiger partial charge in [-0.05, 0) is 24.6 Å². The van der Waals surface area contributed by atoms with Crippen LogP contribution in [-0.2, 0) is 16.2 Å². The van der Waals surface area contributed by atoms with E-state index in [0.717, 1.165) is 5.56 Å². The molecule has 0 aromatic heterocycles. The fraction of sp³-hybridized carbons (Fsp3) is 0.250. The zero-order chi connectivity index (χ0) is 19.6. The number of likely N-dealkylation sites (N-methyl/N-ethyl adjacent to an activating group) is 1. The Hall–Kier alpha value is -3.35. The smallest absolute Gasteiger partial charge is 0.322 e. The first-order valence-corrected chi connectivity index (χ1v) is 8.54. The second-order valence-corrected chi connectivity index (χ2v) is 5.76. The topological polar surface area (TPSA) is 95.9 Å². The molecule has 0 radical (unpaired) electrons. The van der Waals surface area contributed by atoms with Crippen molar-refractivity contribution in [1.82, 2.24) is 10.2 Å².